The Morgan fingerprint density at radius 1 is 1.15 bits per heavy atom. The van der Waals surface area contributed by atoms with E-state index in [4.69, 9.17) is 4.74 Å². The van der Waals surface area contributed by atoms with Crippen molar-refractivity contribution >= 4 is 16.8 Å². The Bertz CT molecular complexity index is 922. The Balaban J connectivity index is 2.04. The van der Waals surface area contributed by atoms with Crippen molar-refractivity contribution in [1.29, 1.82) is 0 Å². The number of pyridine rings is 1. The number of ether oxygens (including phenoxy) is 1. The Hall–Kier alpha value is -3.08. The summed E-state index contributed by atoms with van der Waals surface area (Å²) < 4.78 is 5.50. The van der Waals surface area contributed by atoms with Gasteiger partial charge in [0, 0.05) is 23.6 Å². The summed E-state index contributed by atoms with van der Waals surface area (Å²) in [4.78, 5) is 16.6. The predicted molar refractivity (Wildman–Crippen MR) is 106 cm³/mol. The van der Waals surface area contributed by atoms with Gasteiger partial charge in [-0.2, -0.15) is 0 Å². The number of benzene rings is 2. The van der Waals surface area contributed by atoms with Crippen molar-refractivity contribution in [1.82, 2.24) is 10.3 Å². The molecule has 3 aromatic rings. The van der Waals surface area contributed by atoms with Crippen molar-refractivity contribution in [2.75, 3.05) is 6.61 Å². The average molecular weight is 364 g/mol. The van der Waals surface area contributed by atoms with Crippen molar-refractivity contribution in [3.05, 3.63) is 65.9 Å². The normalized spacial score (nSPS) is 11.9. The van der Waals surface area contributed by atoms with E-state index in [1.54, 1.807) is 6.20 Å². The number of nitrogens with zero attached hydrogens (tertiary/aromatic N) is 1. The second-order valence-electron chi connectivity index (χ2n) is 6.33. The minimum absolute atomic E-state index is 0.0584. The minimum atomic E-state index is -0.467. The number of carbonyl (C=O) groups is 1. The highest BCUT2D eigenvalue weighted by molar-refractivity contribution is 5.86. The van der Waals surface area contributed by atoms with Crippen LogP contribution in [0.15, 0.2) is 54.7 Å². The van der Waals surface area contributed by atoms with Crippen LogP contribution in [0.2, 0.25) is 0 Å². The summed E-state index contributed by atoms with van der Waals surface area (Å²) >= 11 is 0. The summed E-state index contributed by atoms with van der Waals surface area (Å²) in [6, 6.07) is 14.6. The topological polar surface area (TPSA) is 71.5 Å². The van der Waals surface area contributed by atoms with E-state index < -0.39 is 6.04 Å². The third-order valence-corrected chi connectivity index (χ3v) is 4.40. The van der Waals surface area contributed by atoms with Gasteiger partial charge in [-0.05, 0) is 37.1 Å². The zero-order valence-corrected chi connectivity index (χ0v) is 15.6. The van der Waals surface area contributed by atoms with Gasteiger partial charge < -0.3 is 15.2 Å². The number of rotatable bonds is 7. The molecule has 1 unspecified atom stereocenters. The van der Waals surface area contributed by atoms with Gasteiger partial charge in [0.05, 0.1) is 12.6 Å². The van der Waals surface area contributed by atoms with Gasteiger partial charge in [-0.15, -0.1) is 0 Å². The maximum Gasteiger partial charge on any atom is 0.220 e. The molecule has 140 valence electrons. The van der Waals surface area contributed by atoms with E-state index in [-0.39, 0.29) is 11.7 Å². The molecular weight excluding hydrogens is 340 g/mol. The molecule has 0 saturated heterocycles. The molecule has 3 rings (SSSR count). The van der Waals surface area contributed by atoms with Crippen LogP contribution < -0.4 is 10.1 Å². The highest BCUT2D eigenvalue weighted by atomic mass is 16.5. The van der Waals surface area contributed by atoms with Crippen LogP contribution in [0.4, 0.5) is 0 Å². The summed E-state index contributed by atoms with van der Waals surface area (Å²) in [6.07, 6.45) is 2.83. The van der Waals surface area contributed by atoms with E-state index in [0.717, 1.165) is 23.1 Å². The molecule has 1 aromatic heterocycles. The molecule has 1 amide bonds. The van der Waals surface area contributed by atoms with Gasteiger partial charge in [-0.3, -0.25) is 9.78 Å². The summed E-state index contributed by atoms with van der Waals surface area (Å²) in [6.45, 7) is 4.48. The smallest absolute Gasteiger partial charge is 0.220 e. The van der Waals surface area contributed by atoms with Gasteiger partial charge in [0.25, 0.3) is 0 Å². The molecule has 0 aliphatic rings. The summed E-state index contributed by atoms with van der Waals surface area (Å²) in [5, 5.41) is 14.7. The van der Waals surface area contributed by atoms with Crippen LogP contribution in [-0.2, 0) is 4.79 Å². The molecule has 2 N–H and O–H groups in total. The highest BCUT2D eigenvalue weighted by Crippen LogP contribution is 2.35. The number of amides is 1. The van der Waals surface area contributed by atoms with Crippen LogP contribution in [0, 0.1) is 0 Å². The molecular formula is C22H24N2O3. The number of hydrogen-bond donors (Lipinski definition) is 2. The lowest BCUT2D eigenvalue weighted by atomic mass is 9.96. The Labute approximate surface area is 159 Å². The Kier molecular flexibility index (Phi) is 5.91. The second-order valence-corrected chi connectivity index (χ2v) is 6.33. The lowest BCUT2D eigenvalue weighted by Gasteiger charge is -2.21. The molecule has 0 spiro atoms. The number of phenolic OH excluding ortho intramolecular Hbond substituents is 1. The van der Waals surface area contributed by atoms with Gasteiger partial charge >= 0.3 is 0 Å². The molecule has 0 aliphatic heterocycles. The second kappa shape index (κ2) is 8.54. The molecule has 5 heteroatoms. The van der Waals surface area contributed by atoms with Crippen molar-refractivity contribution in [3.8, 4) is 11.5 Å². The Morgan fingerprint density at radius 2 is 1.93 bits per heavy atom. The number of carbonyl (C=O) groups excluding carboxylic acids is 1. The molecule has 2 aromatic carbocycles. The number of phenols is 1. The quantitative estimate of drug-likeness (QED) is 0.654. The Morgan fingerprint density at radius 3 is 2.63 bits per heavy atom. The number of hydrogen-bond acceptors (Lipinski definition) is 4. The fraction of sp³-hybridized carbons (Fsp3) is 0.273. The fourth-order valence-electron chi connectivity index (χ4n) is 3.10. The fourth-order valence-corrected chi connectivity index (χ4v) is 3.10. The number of aromatic hydroxyl groups is 1. The van der Waals surface area contributed by atoms with Crippen LogP contribution in [0.3, 0.4) is 0 Å². The van der Waals surface area contributed by atoms with Crippen LogP contribution in [0.1, 0.15) is 43.9 Å². The van der Waals surface area contributed by atoms with Crippen molar-refractivity contribution in [2.24, 2.45) is 0 Å². The van der Waals surface area contributed by atoms with Crippen molar-refractivity contribution in [2.45, 2.75) is 32.7 Å². The van der Waals surface area contributed by atoms with Crippen molar-refractivity contribution in [3.63, 3.8) is 0 Å². The van der Waals surface area contributed by atoms with Gasteiger partial charge in [0.2, 0.25) is 5.91 Å². The van der Waals surface area contributed by atoms with Crippen LogP contribution in [0.25, 0.3) is 10.9 Å². The molecule has 0 saturated carbocycles. The van der Waals surface area contributed by atoms with E-state index in [1.807, 2.05) is 62.4 Å². The summed E-state index contributed by atoms with van der Waals surface area (Å²) in [5.74, 6) is 0.796. The lowest BCUT2D eigenvalue weighted by molar-refractivity contribution is -0.121. The zero-order chi connectivity index (χ0) is 19.2. The molecule has 0 bridgehead atoms. The molecule has 5 nitrogen and oxygen atoms in total. The van der Waals surface area contributed by atoms with Crippen LogP contribution in [-0.4, -0.2) is 22.6 Å². The largest absolute Gasteiger partial charge is 0.505 e. The highest BCUT2D eigenvalue weighted by Gasteiger charge is 2.21. The summed E-state index contributed by atoms with van der Waals surface area (Å²) in [7, 11) is 0. The number of aromatic nitrogens is 1. The van der Waals surface area contributed by atoms with E-state index in [2.05, 4.69) is 10.3 Å². The first-order valence-electron chi connectivity index (χ1n) is 9.22. The third kappa shape index (κ3) is 4.19. The maximum atomic E-state index is 12.3. The first-order valence-corrected chi connectivity index (χ1v) is 9.22. The minimum Gasteiger partial charge on any atom is -0.505 e. The SMILES string of the molecule is CCCC(=O)NC(c1ccc(OCC)cc1)c1ccc2cccnc2c1O. The van der Waals surface area contributed by atoms with Crippen molar-refractivity contribution < 1.29 is 14.6 Å². The van der Waals surface area contributed by atoms with E-state index in [1.165, 1.54) is 0 Å². The number of fused-ring (bicyclic) bond motifs is 1. The molecule has 1 atom stereocenters. The van der Waals surface area contributed by atoms with E-state index >= 15 is 0 Å². The monoisotopic (exact) mass is 364 g/mol. The van der Waals surface area contributed by atoms with Gasteiger partial charge in [0.15, 0.2) is 0 Å². The third-order valence-electron chi connectivity index (χ3n) is 4.40. The van der Waals surface area contributed by atoms with Crippen LogP contribution in [0.5, 0.6) is 11.5 Å². The molecule has 27 heavy (non-hydrogen) atoms. The maximum absolute atomic E-state index is 12.3. The molecule has 0 radical (unpaired) electrons. The van der Waals surface area contributed by atoms with E-state index in [9.17, 15) is 9.90 Å². The first-order chi connectivity index (χ1) is 13.1. The number of nitrogens with one attached hydrogen (secondary N) is 1. The molecule has 0 fully saturated rings. The average Bonchev–Trinajstić information content (AvgIpc) is 2.68. The van der Waals surface area contributed by atoms with Gasteiger partial charge in [0.1, 0.15) is 17.0 Å². The lowest BCUT2D eigenvalue weighted by Crippen LogP contribution is -2.29. The zero-order valence-electron chi connectivity index (χ0n) is 15.6. The molecule has 0 aliphatic carbocycles. The predicted octanol–water partition coefficient (Wildman–Crippen LogP) is 4.34. The van der Waals surface area contributed by atoms with Crippen LogP contribution >= 0.6 is 0 Å². The standard InChI is InChI=1S/C22H24N2O3/c1-3-6-19(25)24-20(16-8-11-17(12-9-16)27-4-2)18-13-10-15-7-5-14-23-21(15)22(18)26/h5,7-14,20,26H,3-4,6H2,1-2H3,(H,24,25). The van der Waals surface area contributed by atoms with Gasteiger partial charge in [-0.25, -0.2) is 0 Å². The molecule has 1 heterocycles. The summed E-state index contributed by atoms with van der Waals surface area (Å²) in [5.41, 5.74) is 2.01. The van der Waals surface area contributed by atoms with E-state index in [0.29, 0.717) is 24.1 Å². The first kappa shape index (κ1) is 18.7. The van der Waals surface area contributed by atoms with Gasteiger partial charge in [-0.1, -0.05) is 37.3 Å².